The van der Waals surface area contributed by atoms with E-state index in [1.807, 2.05) is 0 Å². The van der Waals surface area contributed by atoms with Gasteiger partial charge in [0.2, 0.25) is 0 Å². The van der Waals surface area contributed by atoms with E-state index in [4.69, 9.17) is 5.73 Å². The minimum absolute atomic E-state index is 0.0146. The molecule has 0 unspecified atom stereocenters. The van der Waals surface area contributed by atoms with Gasteiger partial charge in [0.15, 0.2) is 15.9 Å². The quantitative estimate of drug-likeness (QED) is 0.851. The van der Waals surface area contributed by atoms with Crippen molar-refractivity contribution >= 4 is 9.84 Å². The number of rotatable bonds is 4. The van der Waals surface area contributed by atoms with Crippen LogP contribution < -0.4 is 10.5 Å². The van der Waals surface area contributed by atoms with Gasteiger partial charge in [-0.2, -0.15) is 8.78 Å². The van der Waals surface area contributed by atoms with Gasteiger partial charge in [0.05, 0.1) is 4.90 Å². The molecule has 0 heterocycles. The SMILES string of the molecule is CC#C[C@H](N)C(F)(F)Oc1ccc(S(C)(=O)=O)cc1. The second-order valence-electron chi connectivity index (χ2n) is 3.78. The molecule has 0 bridgehead atoms. The Labute approximate surface area is 110 Å². The largest absolute Gasteiger partial charge is 0.431 e. The smallest absolute Gasteiger partial charge is 0.425 e. The highest BCUT2D eigenvalue weighted by molar-refractivity contribution is 7.90. The minimum Gasteiger partial charge on any atom is -0.431 e. The van der Waals surface area contributed by atoms with Crippen LogP contribution in [0.3, 0.4) is 0 Å². The van der Waals surface area contributed by atoms with E-state index in [0.29, 0.717) is 0 Å². The van der Waals surface area contributed by atoms with Crippen molar-refractivity contribution in [2.24, 2.45) is 5.73 Å². The Balaban J connectivity index is 2.91. The number of hydrogen-bond donors (Lipinski definition) is 1. The molecule has 1 aromatic carbocycles. The molecule has 2 N–H and O–H groups in total. The van der Waals surface area contributed by atoms with Gasteiger partial charge in [-0.05, 0) is 31.2 Å². The summed E-state index contributed by atoms with van der Waals surface area (Å²) in [6.45, 7) is 1.39. The summed E-state index contributed by atoms with van der Waals surface area (Å²) in [6, 6.07) is 2.87. The molecule has 0 aromatic heterocycles. The van der Waals surface area contributed by atoms with Gasteiger partial charge in [-0.1, -0.05) is 5.92 Å². The van der Waals surface area contributed by atoms with E-state index in [0.717, 1.165) is 18.4 Å². The maximum absolute atomic E-state index is 13.5. The first kappa shape index (κ1) is 15.4. The average molecular weight is 289 g/mol. The van der Waals surface area contributed by atoms with Crippen molar-refractivity contribution in [3.63, 3.8) is 0 Å². The van der Waals surface area contributed by atoms with Crippen LogP contribution in [0.4, 0.5) is 8.78 Å². The van der Waals surface area contributed by atoms with Crippen LogP contribution in [-0.2, 0) is 9.84 Å². The topological polar surface area (TPSA) is 69.4 Å². The van der Waals surface area contributed by atoms with Crippen molar-refractivity contribution < 1.29 is 21.9 Å². The van der Waals surface area contributed by atoms with Crippen LogP contribution in [0.1, 0.15) is 6.92 Å². The monoisotopic (exact) mass is 289 g/mol. The van der Waals surface area contributed by atoms with Gasteiger partial charge < -0.3 is 10.5 Å². The molecule has 104 valence electrons. The molecule has 0 spiro atoms. The number of sulfone groups is 1. The Bertz CT molecular complexity index is 600. The second kappa shape index (κ2) is 5.55. The molecule has 1 rings (SSSR count). The molecule has 1 aromatic rings. The highest BCUT2D eigenvalue weighted by Crippen LogP contribution is 2.24. The van der Waals surface area contributed by atoms with Gasteiger partial charge in [0.25, 0.3) is 0 Å². The van der Waals surface area contributed by atoms with Gasteiger partial charge in [0, 0.05) is 6.26 Å². The fraction of sp³-hybridized carbons (Fsp3) is 0.333. The Hall–Kier alpha value is -1.65. The number of hydrogen-bond acceptors (Lipinski definition) is 4. The summed E-state index contributed by atoms with van der Waals surface area (Å²) in [4.78, 5) is 0.0146. The lowest BCUT2D eigenvalue weighted by Crippen LogP contribution is -2.44. The lowest BCUT2D eigenvalue weighted by molar-refractivity contribution is -0.180. The zero-order chi connectivity index (χ0) is 14.7. The Morgan fingerprint density at radius 2 is 1.84 bits per heavy atom. The van der Waals surface area contributed by atoms with E-state index in [1.54, 1.807) is 0 Å². The third-order valence-electron chi connectivity index (χ3n) is 2.17. The molecule has 0 amide bonds. The highest BCUT2D eigenvalue weighted by Gasteiger charge is 2.39. The number of alkyl halides is 2. The summed E-state index contributed by atoms with van der Waals surface area (Å²) in [6.07, 6.45) is -2.64. The van der Waals surface area contributed by atoms with Gasteiger partial charge in [-0.15, -0.1) is 5.92 Å². The van der Waals surface area contributed by atoms with Crippen molar-refractivity contribution in [2.75, 3.05) is 6.26 Å². The fourth-order valence-corrected chi connectivity index (χ4v) is 1.85. The standard InChI is InChI=1S/C12H13F2NO3S/c1-3-4-11(15)12(13,14)18-9-5-7-10(8-6-9)19(2,16)17/h5-8,11H,15H2,1-2H3/t11-/m0/s1. The van der Waals surface area contributed by atoms with Crippen LogP contribution in [-0.4, -0.2) is 26.8 Å². The average Bonchev–Trinajstić information content (AvgIpc) is 2.28. The van der Waals surface area contributed by atoms with Gasteiger partial charge >= 0.3 is 6.11 Å². The van der Waals surface area contributed by atoms with Crippen LogP contribution in [0.25, 0.3) is 0 Å². The number of ether oxygens (including phenoxy) is 1. The summed E-state index contributed by atoms with van der Waals surface area (Å²) in [5.74, 6) is 4.18. The molecule has 19 heavy (non-hydrogen) atoms. The van der Waals surface area contributed by atoms with Gasteiger partial charge in [-0.3, -0.25) is 0 Å². The molecule has 0 aliphatic carbocycles. The third-order valence-corrected chi connectivity index (χ3v) is 3.30. The maximum atomic E-state index is 13.5. The molecule has 0 aliphatic heterocycles. The third kappa shape index (κ3) is 4.19. The fourth-order valence-electron chi connectivity index (χ4n) is 1.22. The molecular formula is C12H13F2NO3S. The molecule has 0 fully saturated rings. The van der Waals surface area contributed by atoms with Crippen molar-refractivity contribution in [3.05, 3.63) is 24.3 Å². The lowest BCUT2D eigenvalue weighted by atomic mass is 10.3. The van der Waals surface area contributed by atoms with Crippen LogP contribution >= 0.6 is 0 Å². The summed E-state index contributed by atoms with van der Waals surface area (Å²) in [7, 11) is -3.38. The summed E-state index contributed by atoms with van der Waals surface area (Å²) >= 11 is 0. The van der Waals surface area contributed by atoms with E-state index >= 15 is 0 Å². The van der Waals surface area contributed by atoms with Crippen molar-refractivity contribution in [3.8, 4) is 17.6 Å². The van der Waals surface area contributed by atoms with Gasteiger partial charge in [-0.25, -0.2) is 8.42 Å². The molecule has 0 saturated carbocycles. The Morgan fingerprint density at radius 1 is 1.32 bits per heavy atom. The van der Waals surface area contributed by atoms with Crippen LogP contribution in [0.2, 0.25) is 0 Å². The molecule has 0 aliphatic rings. The molecule has 0 radical (unpaired) electrons. The molecular weight excluding hydrogens is 276 g/mol. The predicted molar refractivity (Wildman–Crippen MR) is 66.6 cm³/mol. The zero-order valence-corrected chi connectivity index (χ0v) is 11.2. The summed E-state index contributed by atoms with van der Waals surface area (Å²) in [5.41, 5.74) is 5.16. The van der Waals surface area contributed by atoms with E-state index in [1.165, 1.54) is 19.1 Å². The Morgan fingerprint density at radius 3 is 2.26 bits per heavy atom. The van der Waals surface area contributed by atoms with Crippen LogP contribution in [0, 0.1) is 11.8 Å². The van der Waals surface area contributed by atoms with E-state index in [2.05, 4.69) is 16.6 Å². The van der Waals surface area contributed by atoms with Crippen molar-refractivity contribution in [1.82, 2.24) is 0 Å². The summed E-state index contributed by atoms with van der Waals surface area (Å²) < 4.78 is 53.7. The van der Waals surface area contributed by atoms with E-state index in [9.17, 15) is 17.2 Å². The first-order valence-electron chi connectivity index (χ1n) is 5.21. The van der Waals surface area contributed by atoms with Crippen LogP contribution in [0.5, 0.6) is 5.75 Å². The van der Waals surface area contributed by atoms with Gasteiger partial charge in [0.1, 0.15) is 5.75 Å². The van der Waals surface area contributed by atoms with Crippen molar-refractivity contribution in [2.45, 2.75) is 24.0 Å². The van der Waals surface area contributed by atoms with E-state index < -0.39 is 22.0 Å². The molecule has 7 heteroatoms. The number of nitrogens with two attached hydrogens (primary N) is 1. The molecule has 1 atom stereocenters. The number of benzene rings is 1. The highest BCUT2D eigenvalue weighted by atomic mass is 32.2. The summed E-state index contributed by atoms with van der Waals surface area (Å²) in [5, 5.41) is 0. The number of halogens is 2. The lowest BCUT2D eigenvalue weighted by Gasteiger charge is -2.20. The first-order valence-corrected chi connectivity index (χ1v) is 7.11. The Kier molecular flexibility index (Phi) is 4.50. The van der Waals surface area contributed by atoms with E-state index in [-0.39, 0.29) is 10.6 Å². The van der Waals surface area contributed by atoms with Crippen molar-refractivity contribution in [1.29, 1.82) is 0 Å². The second-order valence-corrected chi connectivity index (χ2v) is 5.80. The van der Waals surface area contributed by atoms with Crippen LogP contribution in [0.15, 0.2) is 29.2 Å². The minimum atomic E-state index is -3.66. The zero-order valence-electron chi connectivity index (χ0n) is 10.4. The normalized spacial score (nSPS) is 13.3. The maximum Gasteiger partial charge on any atom is 0.425 e. The predicted octanol–water partition coefficient (Wildman–Crippen LogP) is 1.41. The molecule has 0 saturated heterocycles. The first-order chi connectivity index (χ1) is 8.66. The molecule has 4 nitrogen and oxygen atoms in total.